The van der Waals surface area contributed by atoms with Crippen molar-refractivity contribution in [1.29, 1.82) is 0 Å². The van der Waals surface area contributed by atoms with Crippen LogP contribution in [-0.4, -0.2) is 27.1 Å². The number of nitrogens with one attached hydrogen (secondary N) is 2. The maximum Gasteiger partial charge on any atom is 0.260 e. The normalized spacial score (nSPS) is 11.3. The summed E-state index contributed by atoms with van der Waals surface area (Å²) in [5.41, 5.74) is 1.91. The van der Waals surface area contributed by atoms with Crippen LogP contribution in [0.15, 0.2) is 48.5 Å². The highest BCUT2D eigenvalue weighted by Gasteiger charge is 2.22. The maximum atomic E-state index is 13.2. The zero-order valence-corrected chi connectivity index (χ0v) is 18.5. The van der Waals surface area contributed by atoms with Gasteiger partial charge in [0.15, 0.2) is 0 Å². The number of halogens is 2. The van der Waals surface area contributed by atoms with Crippen molar-refractivity contribution in [1.82, 2.24) is 15.1 Å². The number of amides is 2. The summed E-state index contributed by atoms with van der Waals surface area (Å²) >= 11 is 6.40. The minimum atomic E-state index is -0.430. The Morgan fingerprint density at radius 3 is 2.26 bits per heavy atom. The van der Waals surface area contributed by atoms with Crippen molar-refractivity contribution in [2.45, 2.75) is 39.7 Å². The molecule has 162 valence electrons. The Hall–Kier alpha value is -3.19. The molecule has 2 amide bonds. The van der Waals surface area contributed by atoms with Gasteiger partial charge in [-0.25, -0.2) is 9.07 Å². The molecule has 3 aromatic rings. The lowest BCUT2D eigenvalue weighted by atomic mass is 10.0. The number of benzene rings is 2. The first-order valence-electron chi connectivity index (χ1n) is 9.86. The molecule has 1 aromatic heterocycles. The highest BCUT2D eigenvalue weighted by molar-refractivity contribution is 6.34. The lowest BCUT2D eigenvalue weighted by molar-refractivity contribution is 0.0911. The van der Waals surface area contributed by atoms with Crippen LogP contribution in [-0.2, 0) is 0 Å². The van der Waals surface area contributed by atoms with Crippen LogP contribution in [0.25, 0.3) is 5.69 Å². The van der Waals surface area contributed by atoms with Gasteiger partial charge in [0.25, 0.3) is 11.8 Å². The summed E-state index contributed by atoms with van der Waals surface area (Å²) in [5.74, 6) is -0.985. The average Bonchev–Trinajstić information content (AvgIpc) is 3.03. The van der Waals surface area contributed by atoms with Gasteiger partial charge in [-0.2, -0.15) is 5.10 Å². The predicted octanol–water partition coefficient (Wildman–Crippen LogP) is 5.14. The zero-order chi connectivity index (χ0) is 22.8. The summed E-state index contributed by atoms with van der Waals surface area (Å²) in [4.78, 5) is 25.2. The Labute approximate surface area is 185 Å². The van der Waals surface area contributed by atoms with E-state index >= 15 is 0 Å². The van der Waals surface area contributed by atoms with Crippen molar-refractivity contribution < 1.29 is 14.0 Å². The quantitative estimate of drug-likeness (QED) is 0.554. The number of carbonyl (C=O) groups is 2. The fraction of sp³-hybridized carbons (Fsp3) is 0.261. The third-order valence-corrected chi connectivity index (χ3v) is 5.39. The van der Waals surface area contributed by atoms with Gasteiger partial charge in [0.05, 0.1) is 11.4 Å². The van der Waals surface area contributed by atoms with Crippen molar-refractivity contribution in [3.8, 4) is 5.69 Å². The lowest BCUT2D eigenvalue weighted by Crippen LogP contribution is -2.42. The van der Waals surface area contributed by atoms with Gasteiger partial charge in [-0.1, -0.05) is 18.5 Å². The third-order valence-electron chi connectivity index (χ3n) is 5.04. The molecular weight excluding hydrogens is 419 g/mol. The fourth-order valence-electron chi connectivity index (χ4n) is 2.88. The van der Waals surface area contributed by atoms with Crippen molar-refractivity contribution in [3.05, 3.63) is 76.3 Å². The minimum Gasteiger partial charge on any atom is -0.347 e. The van der Waals surface area contributed by atoms with Gasteiger partial charge in [0.2, 0.25) is 0 Å². The summed E-state index contributed by atoms with van der Waals surface area (Å²) in [6, 6.07) is 12.2. The van der Waals surface area contributed by atoms with Crippen LogP contribution in [0.5, 0.6) is 0 Å². The molecule has 0 saturated heterocycles. The third kappa shape index (κ3) is 5.11. The molecule has 0 aliphatic heterocycles. The highest BCUT2D eigenvalue weighted by Crippen LogP contribution is 2.25. The van der Waals surface area contributed by atoms with Gasteiger partial charge < -0.3 is 10.6 Å². The Kier molecular flexibility index (Phi) is 6.45. The maximum absolute atomic E-state index is 13.2. The number of hydrogen-bond acceptors (Lipinski definition) is 3. The lowest BCUT2D eigenvalue weighted by Gasteiger charge is -2.24. The molecule has 1 heterocycles. The number of aryl methyl sites for hydroxylation is 1. The van der Waals surface area contributed by atoms with E-state index in [-0.39, 0.29) is 28.0 Å². The summed E-state index contributed by atoms with van der Waals surface area (Å²) in [6.07, 6.45) is 0.804. The van der Waals surface area contributed by atoms with E-state index in [1.54, 1.807) is 31.2 Å². The van der Waals surface area contributed by atoms with Crippen LogP contribution in [0.2, 0.25) is 5.15 Å². The van der Waals surface area contributed by atoms with E-state index in [9.17, 15) is 14.0 Å². The molecular formula is C23H24ClFN4O2. The summed E-state index contributed by atoms with van der Waals surface area (Å²) in [6.45, 7) is 7.59. The molecule has 0 saturated carbocycles. The number of rotatable bonds is 6. The van der Waals surface area contributed by atoms with Crippen LogP contribution in [0, 0.1) is 12.7 Å². The van der Waals surface area contributed by atoms with Crippen molar-refractivity contribution >= 4 is 29.1 Å². The number of hydrogen-bond donors (Lipinski definition) is 2. The molecule has 6 nitrogen and oxygen atoms in total. The van der Waals surface area contributed by atoms with Crippen molar-refractivity contribution in [2.24, 2.45) is 0 Å². The van der Waals surface area contributed by atoms with Gasteiger partial charge in [0, 0.05) is 16.8 Å². The largest absolute Gasteiger partial charge is 0.347 e. The highest BCUT2D eigenvalue weighted by atomic mass is 35.5. The molecule has 0 bridgehead atoms. The molecule has 0 aliphatic rings. The summed E-state index contributed by atoms with van der Waals surface area (Å²) in [7, 11) is 0. The van der Waals surface area contributed by atoms with E-state index in [1.807, 2.05) is 20.8 Å². The van der Waals surface area contributed by atoms with Gasteiger partial charge in [-0.15, -0.1) is 0 Å². The van der Waals surface area contributed by atoms with Gasteiger partial charge in [-0.05, 0) is 75.7 Å². The SMILES string of the molecule is CCC(C)(C)NC(=O)c1ccc(NC(=O)c2c(C)nn(-c3ccc(F)cc3)c2Cl)cc1. The van der Waals surface area contributed by atoms with Gasteiger partial charge in [0.1, 0.15) is 16.5 Å². The van der Waals surface area contributed by atoms with E-state index in [4.69, 9.17) is 11.6 Å². The topological polar surface area (TPSA) is 76.0 Å². The number of anilines is 1. The standard InChI is InChI=1S/C23H24ClFN4O2/c1-5-23(3,4)27-21(30)15-6-10-17(11-7-15)26-22(31)19-14(2)28-29(20(19)24)18-12-8-16(25)9-13-18/h6-13H,5H2,1-4H3,(H,26,31)(H,27,30). The molecule has 0 spiro atoms. The van der Waals surface area contributed by atoms with Crippen molar-refractivity contribution in [2.75, 3.05) is 5.32 Å². The molecule has 0 radical (unpaired) electrons. The molecule has 0 atom stereocenters. The number of aromatic nitrogens is 2. The smallest absolute Gasteiger partial charge is 0.260 e. The fourth-order valence-corrected chi connectivity index (χ4v) is 3.23. The molecule has 8 heteroatoms. The number of nitrogens with zero attached hydrogens (tertiary/aromatic N) is 2. The van der Waals surface area contributed by atoms with Crippen LogP contribution in [0.1, 0.15) is 53.6 Å². The zero-order valence-electron chi connectivity index (χ0n) is 17.8. The van der Waals surface area contributed by atoms with Gasteiger partial charge >= 0.3 is 0 Å². The minimum absolute atomic E-state index is 0.124. The second kappa shape index (κ2) is 8.89. The Morgan fingerprint density at radius 1 is 1.06 bits per heavy atom. The van der Waals surface area contributed by atoms with E-state index in [0.717, 1.165) is 6.42 Å². The van der Waals surface area contributed by atoms with Crippen LogP contribution >= 0.6 is 11.6 Å². The molecule has 2 aromatic carbocycles. The molecule has 2 N–H and O–H groups in total. The Morgan fingerprint density at radius 2 is 1.68 bits per heavy atom. The van der Waals surface area contributed by atoms with Crippen molar-refractivity contribution in [3.63, 3.8) is 0 Å². The molecule has 0 aliphatic carbocycles. The first kappa shape index (κ1) is 22.5. The van der Waals surface area contributed by atoms with E-state index in [0.29, 0.717) is 22.6 Å². The van der Waals surface area contributed by atoms with E-state index in [1.165, 1.54) is 28.9 Å². The van der Waals surface area contributed by atoms with E-state index in [2.05, 4.69) is 15.7 Å². The molecule has 0 fully saturated rings. The van der Waals surface area contributed by atoms with Gasteiger partial charge in [-0.3, -0.25) is 9.59 Å². The molecule has 0 unspecified atom stereocenters. The second-order valence-electron chi connectivity index (χ2n) is 7.86. The summed E-state index contributed by atoms with van der Waals surface area (Å²) < 4.78 is 14.6. The Bertz CT molecular complexity index is 1110. The molecule has 31 heavy (non-hydrogen) atoms. The van der Waals surface area contributed by atoms with Crippen LogP contribution in [0.4, 0.5) is 10.1 Å². The second-order valence-corrected chi connectivity index (χ2v) is 8.22. The first-order valence-corrected chi connectivity index (χ1v) is 10.2. The first-order chi connectivity index (χ1) is 14.6. The monoisotopic (exact) mass is 442 g/mol. The average molecular weight is 443 g/mol. The van der Waals surface area contributed by atoms with Crippen LogP contribution < -0.4 is 10.6 Å². The van der Waals surface area contributed by atoms with E-state index < -0.39 is 5.91 Å². The Balaban J connectivity index is 1.76. The number of carbonyl (C=O) groups excluding carboxylic acids is 2. The summed E-state index contributed by atoms with van der Waals surface area (Å²) in [5, 5.41) is 10.2. The van der Waals surface area contributed by atoms with Crippen LogP contribution in [0.3, 0.4) is 0 Å². The molecule has 3 rings (SSSR count). The predicted molar refractivity (Wildman–Crippen MR) is 120 cm³/mol.